The summed E-state index contributed by atoms with van der Waals surface area (Å²) in [6.45, 7) is 0. The molecule has 204 valence electrons. The highest BCUT2D eigenvalue weighted by Crippen LogP contribution is 2.50. The van der Waals surface area contributed by atoms with Gasteiger partial charge >= 0.3 is 0 Å². The number of hydrogen-bond acceptors (Lipinski definition) is 2. The van der Waals surface area contributed by atoms with E-state index in [0.29, 0.717) is 0 Å². The average molecular weight is 615 g/mol. The summed E-state index contributed by atoms with van der Waals surface area (Å²) < 4.78 is 3.75. The molecule has 7 rings (SSSR count). The number of rotatable bonds is 8. The van der Waals surface area contributed by atoms with Gasteiger partial charge in [0.15, 0.2) is 0 Å². The van der Waals surface area contributed by atoms with Gasteiger partial charge in [-0.2, -0.15) is 0 Å². The van der Waals surface area contributed by atoms with Crippen LogP contribution < -0.4 is 37.1 Å². The molecule has 0 spiro atoms. The van der Waals surface area contributed by atoms with Gasteiger partial charge in [-0.15, -0.1) is 0 Å². The highest BCUT2D eigenvalue weighted by molar-refractivity contribution is 8.17. The van der Waals surface area contributed by atoms with E-state index >= 15 is 0 Å². The van der Waals surface area contributed by atoms with Crippen LogP contribution in [-0.4, -0.2) is 0 Å². The lowest BCUT2D eigenvalue weighted by Gasteiger charge is -2.25. The van der Waals surface area contributed by atoms with Gasteiger partial charge in [0.1, 0.15) is 0 Å². The molecule has 0 saturated heterocycles. The minimum atomic E-state index is -0.733. The van der Waals surface area contributed by atoms with Crippen molar-refractivity contribution >= 4 is 75.5 Å². The van der Waals surface area contributed by atoms with Crippen molar-refractivity contribution < 1.29 is 0 Å². The Bertz CT molecular complexity index is 1520. The molecule has 6 aromatic carbocycles. The molecule has 1 unspecified atom stereocenters. The van der Waals surface area contributed by atoms with Crippen molar-refractivity contribution in [3.8, 4) is 0 Å². The molecule has 1 aliphatic rings. The monoisotopic (exact) mass is 614 g/mol. The molecule has 1 N–H and O–H groups in total. The fourth-order valence-corrected chi connectivity index (χ4v) is 9.66. The smallest absolute Gasteiger partial charge is 0.0796 e. The van der Waals surface area contributed by atoms with Crippen LogP contribution in [0.25, 0.3) is 0 Å². The summed E-state index contributed by atoms with van der Waals surface area (Å²) in [4.78, 5) is 0. The second kappa shape index (κ2) is 14.6. The van der Waals surface area contributed by atoms with E-state index in [0.717, 1.165) is 19.8 Å². The number of nitrogens with zero attached hydrogens (tertiary/aromatic N) is 1. The molecule has 0 aliphatic carbocycles. The van der Waals surface area contributed by atoms with Crippen molar-refractivity contribution in [3.05, 3.63) is 170 Å². The third-order valence-electron chi connectivity index (χ3n) is 6.72. The third-order valence-corrected chi connectivity index (χ3v) is 12.5. The molecule has 0 saturated carbocycles. The molecule has 6 heteroatoms. The normalized spacial score (nSPS) is 12.5. The second-order valence-electron chi connectivity index (χ2n) is 9.47. The minimum Gasteiger partial charge on any atom is -0.354 e. The van der Waals surface area contributed by atoms with Crippen LogP contribution in [0.5, 0.6) is 0 Å². The Labute approximate surface area is 254 Å². The fraction of sp³-hybridized carbons (Fsp3) is 0. The van der Waals surface area contributed by atoms with Gasteiger partial charge in [0.25, 0.3) is 0 Å². The minimum absolute atomic E-state index is 0.733. The summed E-state index contributed by atoms with van der Waals surface area (Å²) in [7, 11) is 0.784. The number of nitrogens with one attached hydrogen (secondary N) is 1. The maximum absolute atomic E-state index is 3.91. The number of anilines is 2. The predicted molar refractivity (Wildman–Crippen MR) is 191 cm³/mol. The molecule has 1 aliphatic heterocycles. The molecule has 0 radical (unpaired) electrons. The van der Waals surface area contributed by atoms with Crippen LogP contribution in [0.1, 0.15) is 0 Å². The number of benzene rings is 6. The Kier molecular flexibility index (Phi) is 9.95. The molecule has 42 heavy (non-hydrogen) atoms. The van der Waals surface area contributed by atoms with Gasteiger partial charge in [-0.3, -0.25) is 0 Å². The Morgan fingerprint density at radius 2 is 0.667 bits per heavy atom. The maximum Gasteiger partial charge on any atom is 0.0796 e. The molecule has 0 aromatic heterocycles. The Hall–Kier alpha value is -3.49. The van der Waals surface area contributed by atoms with Crippen LogP contribution in [-0.2, 0) is 0 Å². The largest absolute Gasteiger partial charge is 0.354 e. The second-order valence-corrected chi connectivity index (χ2v) is 16.2. The van der Waals surface area contributed by atoms with E-state index in [4.69, 9.17) is 0 Å². The topological polar surface area (TPSA) is 24.4 Å². The van der Waals surface area contributed by atoms with Gasteiger partial charge in [0.2, 0.25) is 0 Å². The van der Waals surface area contributed by atoms with E-state index in [-0.39, 0.29) is 0 Å². The SMILES string of the molecule is N1=PP1.c1ccc(P(c2ccccc2)c2ccccc2Nc2ccccc2P(c2ccccc2)c2ccccc2)cc1. The van der Waals surface area contributed by atoms with E-state index in [2.05, 4.69) is 180 Å². The summed E-state index contributed by atoms with van der Waals surface area (Å²) in [5.74, 6) is 0. The molecule has 0 bridgehead atoms. The van der Waals surface area contributed by atoms with Gasteiger partial charge in [-0.1, -0.05) is 158 Å². The quantitative estimate of drug-likeness (QED) is 0.171. The Morgan fingerprint density at radius 1 is 0.405 bits per heavy atom. The van der Waals surface area contributed by atoms with Gasteiger partial charge in [0.05, 0.1) is 16.5 Å². The van der Waals surface area contributed by atoms with Crippen molar-refractivity contribution in [1.82, 2.24) is 0 Å². The van der Waals surface area contributed by atoms with E-state index in [1.54, 1.807) is 0 Å². The molecule has 6 aromatic rings. The summed E-state index contributed by atoms with van der Waals surface area (Å²) in [6, 6.07) is 61.2. The summed E-state index contributed by atoms with van der Waals surface area (Å²) in [5.41, 5.74) is 2.31. The standard InChI is InChI=1S/C36H29NP2.HNP2/c1-5-17-29(18-6-1)38(30-19-7-2-8-20-30)35-27-15-13-25-33(35)37-34-26-14-16-28-36(34)39(31-21-9-3-10-22-31)32-23-11-4-12-24-32;1-2-3-1/h1-28,37H;2H. The highest BCUT2D eigenvalue weighted by atomic mass is 32.1. The van der Waals surface area contributed by atoms with Crippen molar-refractivity contribution in [3.63, 3.8) is 0 Å². The summed E-state index contributed by atoms with van der Waals surface area (Å²) in [5, 5.41) is 11.9. The number of para-hydroxylation sites is 2. The maximum atomic E-state index is 3.91. The molecule has 0 fully saturated rings. The predicted octanol–water partition coefficient (Wildman–Crippen LogP) is 8.58. The molecule has 0 amide bonds. The average Bonchev–Trinajstić information content (AvgIpc) is 3.95. The molecular weight excluding hydrogens is 584 g/mol. The summed E-state index contributed by atoms with van der Waals surface area (Å²) >= 11 is 0. The van der Waals surface area contributed by atoms with E-state index in [1.165, 1.54) is 39.9 Å². The van der Waals surface area contributed by atoms with Crippen LogP contribution in [0.15, 0.2) is 174 Å². The van der Waals surface area contributed by atoms with Crippen molar-refractivity contribution in [1.29, 1.82) is 0 Å². The first-order valence-corrected chi connectivity index (χ1v) is 19.1. The van der Waals surface area contributed by atoms with Crippen molar-refractivity contribution in [2.45, 2.75) is 0 Å². The van der Waals surface area contributed by atoms with Crippen LogP contribution in [0.2, 0.25) is 0 Å². The van der Waals surface area contributed by atoms with Gasteiger partial charge < -0.3 is 5.32 Å². The molecule has 1 heterocycles. The zero-order valence-electron chi connectivity index (χ0n) is 23.0. The lowest BCUT2D eigenvalue weighted by molar-refractivity contribution is 1.60. The lowest BCUT2D eigenvalue weighted by atomic mass is 10.2. The van der Waals surface area contributed by atoms with E-state index in [9.17, 15) is 0 Å². The molecule has 1 atom stereocenters. The van der Waals surface area contributed by atoms with Crippen molar-refractivity contribution in [2.24, 2.45) is 4.52 Å². The Morgan fingerprint density at radius 3 is 0.952 bits per heavy atom. The van der Waals surface area contributed by atoms with Crippen molar-refractivity contribution in [2.75, 3.05) is 5.32 Å². The van der Waals surface area contributed by atoms with Gasteiger partial charge in [-0.25, -0.2) is 4.52 Å². The molecular formula is C36H30N2P4. The van der Waals surface area contributed by atoms with Gasteiger partial charge in [-0.05, 0) is 49.2 Å². The van der Waals surface area contributed by atoms with Crippen LogP contribution >= 0.6 is 32.3 Å². The summed E-state index contributed by atoms with van der Waals surface area (Å²) in [6.07, 6.45) is 0. The zero-order valence-corrected chi connectivity index (χ0v) is 26.6. The van der Waals surface area contributed by atoms with Crippen LogP contribution in [0, 0.1) is 0 Å². The van der Waals surface area contributed by atoms with Gasteiger partial charge in [0, 0.05) is 22.0 Å². The van der Waals surface area contributed by atoms with Crippen LogP contribution in [0.3, 0.4) is 0 Å². The highest BCUT2D eigenvalue weighted by Gasteiger charge is 2.22. The van der Waals surface area contributed by atoms with E-state index in [1.807, 2.05) is 0 Å². The first kappa shape index (κ1) is 28.6. The fourth-order valence-electron chi connectivity index (χ4n) is 4.86. The zero-order chi connectivity index (χ0) is 28.4. The third kappa shape index (κ3) is 7.28. The first-order valence-electron chi connectivity index (χ1n) is 13.8. The van der Waals surface area contributed by atoms with E-state index < -0.39 is 15.8 Å². The number of hydrogen-bond donors (Lipinski definition) is 1. The van der Waals surface area contributed by atoms with Crippen LogP contribution in [0.4, 0.5) is 11.4 Å². The Balaban J connectivity index is 0.000000990. The first-order chi connectivity index (χ1) is 20.9. The lowest BCUT2D eigenvalue weighted by Crippen LogP contribution is -2.25. The molecule has 2 nitrogen and oxygen atoms in total.